The Morgan fingerprint density at radius 2 is 2.00 bits per heavy atom. The lowest BCUT2D eigenvalue weighted by Gasteiger charge is -2.06. The third-order valence-electron chi connectivity index (χ3n) is 3.12. The Balaban J connectivity index is 2.06. The summed E-state index contributed by atoms with van der Waals surface area (Å²) in [4.78, 5) is 16.7. The molecule has 3 nitrogen and oxygen atoms in total. The number of fused-ring (bicyclic) bond motifs is 1. The van der Waals surface area contributed by atoms with Crippen molar-refractivity contribution in [2.45, 2.75) is 5.92 Å². The van der Waals surface area contributed by atoms with Gasteiger partial charge in [0.25, 0.3) is 0 Å². The maximum absolute atomic E-state index is 12.6. The molecule has 0 saturated heterocycles. The molecule has 0 fully saturated rings. The predicted molar refractivity (Wildman–Crippen MR) is 78.7 cm³/mol. The molecule has 1 unspecified atom stereocenters. The summed E-state index contributed by atoms with van der Waals surface area (Å²) in [6.07, 6.45) is 1.60. The number of rotatable bonds is 3. The summed E-state index contributed by atoms with van der Waals surface area (Å²) in [7, 11) is 0. The van der Waals surface area contributed by atoms with Crippen LogP contribution in [0.3, 0.4) is 0 Å². The first-order valence-corrected chi connectivity index (χ1v) is 7.00. The number of pyridine rings is 1. The van der Waals surface area contributed by atoms with Gasteiger partial charge in [0, 0.05) is 27.2 Å². The van der Waals surface area contributed by atoms with Crippen LogP contribution in [0.25, 0.3) is 10.1 Å². The Hall–Kier alpha value is -2.51. The van der Waals surface area contributed by atoms with E-state index < -0.39 is 5.92 Å². The molecule has 96 valence electrons. The topological polar surface area (TPSA) is 53.8 Å². The van der Waals surface area contributed by atoms with Gasteiger partial charge in [0.15, 0.2) is 11.7 Å². The van der Waals surface area contributed by atoms with Crippen LogP contribution in [0.2, 0.25) is 0 Å². The Morgan fingerprint density at radius 1 is 1.20 bits per heavy atom. The minimum Gasteiger partial charge on any atom is -0.292 e. The van der Waals surface area contributed by atoms with E-state index in [-0.39, 0.29) is 5.78 Å². The summed E-state index contributed by atoms with van der Waals surface area (Å²) >= 11 is 1.51. The van der Waals surface area contributed by atoms with Gasteiger partial charge < -0.3 is 0 Å². The van der Waals surface area contributed by atoms with Crippen LogP contribution in [0.5, 0.6) is 0 Å². The van der Waals surface area contributed by atoms with E-state index in [0.29, 0.717) is 11.3 Å². The lowest BCUT2D eigenvalue weighted by molar-refractivity contribution is 0.0979. The summed E-state index contributed by atoms with van der Waals surface area (Å²) in [5.41, 5.74) is 1.10. The van der Waals surface area contributed by atoms with E-state index in [1.54, 1.807) is 24.4 Å². The molecule has 2 aromatic heterocycles. The normalized spacial score (nSPS) is 11.9. The zero-order chi connectivity index (χ0) is 13.9. The van der Waals surface area contributed by atoms with Gasteiger partial charge in [-0.15, -0.1) is 11.3 Å². The maximum Gasteiger partial charge on any atom is 0.187 e. The number of thiophene rings is 1. The van der Waals surface area contributed by atoms with E-state index >= 15 is 0 Å². The standard InChI is InChI=1S/C16H10N2OS/c17-9-12(14-6-3-4-8-18-14)16(19)13-10-20-15-7-2-1-5-11(13)15/h1-8,10,12H. The molecule has 0 aliphatic rings. The minimum absolute atomic E-state index is 0.191. The lowest BCUT2D eigenvalue weighted by atomic mass is 9.95. The van der Waals surface area contributed by atoms with Crippen LogP contribution in [-0.2, 0) is 0 Å². The number of aromatic nitrogens is 1. The average Bonchev–Trinajstić information content (AvgIpc) is 2.93. The van der Waals surface area contributed by atoms with Crippen LogP contribution in [0.15, 0.2) is 54.0 Å². The Morgan fingerprint density at radius 3 is 2.75 bits per heavy atom. The number of nitrogens with zero attached hydrogens (tertiary/aromatic N) is 2. The summed E-state index contributed by atoms with van der Waals surface area (Å²) in [5, 5.41) is 12.0. The van der Waals surface area contributed by atoms with Crippen molar-refractivity contribution in [2.75, 3.05) is 0 Å². The number of Topliss-reactive ketones (excluding diaryl/α,β-unsaturated/α-hetero) is 1. The van der Waals surface area contributed by atoms with Gasteiger partial charge in [-0.05, 0) is 18.2 Å². The van der Waals surface area contributed by atoms with Gasteiger partial charge in [-0.25, -0.2) is 0 Å². The molecule has 0 bridgehead atoms. The van der Waals surface area contributed by atoms with Crippen LogP contribution in [0.4, 0.5) is 0 Å². The van der Waals surface area contributed by atoms with Crippen LogP contribution in [-0.4, -0.2) is 10.8 Å². The van der Waals surface area contributed by atoms with Crippen molar-refractivity contribution in [1.29, 1.82) is 5.26 Å². The van der Waals surface area contributed by atoms with Gasteiger partial charge in [0.1, 0.15) is 0 Å². The maximum atomic E-state index is 12.6. The van der Waals surface area contributed by atoms with E-state index in [9.17, 15) is 10.1 Å². The van der Waals surface area contributed by atoms with Gasteiger partial charge >= 0.3 is 0 Å². The van der Waals surface area contributed by atoms with Crippen LogP contribution in [0.1, 0.15) is 22.0 Å². The average molecular weight is 278 g/mol. The molecule has 3 aromatic rings. The highest BCUT2D eigenvalue weighted by atomic mass is 32.1. The van der Waals surface area contributed by atoms with E-state index in [1.807, 2.05) is 29.6 Å². The number of nitriles is 1. The second-order valence-corrected chi connectivity index (χ2v) is 5.24. The smallest absolute Gasteiger partial charge is 0.187 e. The largest absolute Gasteiger partial charge is 0.292 e. The Bertz CT molecular complexity index is 802. The van der Waals surface area contributed by atoms with Gasteiger partial charge in [-0.1, -0.05) is 24.3 Å². The molecule has 3 rings (SSSR count). The van der Waals surface area contributed by atoms with Crippen molar-refractivity contribution in [3.63, 3.8) is 0 Å². The molecule has 2 heterocycles. The monoisotopic (exact) mass is 278 g/mol. The summed E-state index contributed by atoms with van der Waals surface area (Å²) < 4.78 is 1.05. The van der Waals surface area contributed by atoms with Crippen molar-refractivity contribution in [3.05, 3.63) is 65.3 Å². The van der Waals surface area contributed by atoms with E-state index in [1.165, 1.54) is 11.3 Å². The van der Waals surface area contributed by atoms with E-state index in [0.717, 1.165) is 10.1 Å². The van der Waals surface area contributed by atoms with Crippen LogP contribution >= 0.6 is 11.3 Å². The number of hydrogen-bond donors (Lipinski definition) is 0. The zero-order valence-electron chi connectivity index (χ0n) is 10.5. The van der Waals surface area contributed by atoms with Crippen molar-refractivity contribution in [3.8, 4) is 6.07 Å². The van der Waals surface area contributed by atoms with Gasteiger partial charge in [0.05, 0.1) is 11.8 Å². The third kappa shape index (κ3) is 2.09. The minimum atomic E-state index is -0.853. The first kappa shape index (κ1) is 12.5. The second-order valence-electron chi connectivity index (χ2n) is 4.33. The van der Waals surface area contributed by atoms with Crippen LogP contribution in [0, 0.1) is 11.3 Å². The SMILES string of the molecule is N#CC(C(=O)c1csc2ccccc12)c1ccccn1. The fraction of sp³-hybridized carbons (Fsp3) is 0.0625. The van der Waals surface area contributed by atoms with Crippen molar-refractivity contribution in [1.82, 2.24) is 4.98 Å². The van der Waals surface area contributed by atoms with E-state index in [2.05, 4.69) is 11.1 Å². The Labute approximate surface area is 120 Å². The van der Waals surface area contributed by atoms with Gasteiger partial charge in [-0.3, -0.25) is 9.78 Å². The third-order valence-corrected chi connectivity index (χ3v) is 4.08. The van der Waals surface area contributed by atoms with Crippen molar-refractivity contribution >= 4 is 27.2 Å². The molecular weight excluding hydrogens is 268 g/mol. The molecular formula is C16H10N2OS. The predicted octanol–water partition coefficient (Wildman–Crippen LogP) is 3.79. The first-order valence-electron chi connectivity index (χ1n) is 6.12. The van der Waals surface area contributed by atoms with Crippen LogP contribution < -0.4 is 0 Å². The summed E-state index contributed by atoms with van der Waals surface area (Å²) in [6, 6.07) is 15.0. The fourth-order valence-corrected chi connectivity index (χ4v) is 3.08. The molecule has 1 aromatic carbocycles. The number of hydrogen-bond acceptors (Lipinski definition) is 4. The Kier molecular flexibility index (Phi) is 3.28. The molecule has 4 heteroatoms. The number of carbonyl (C=O) groups excluding carboxylic acids is 1. The molecule has 0 N–H and O–H groups in total. The fourth-order valence-electron chi connectivity index (χ4n) is 2.13. The molecule has 0 saturated carbocycles. The summed E-state index contributed by atoms with van der Waals surface area (Å²) in [5.74, 6) is -1.04. The molecule has 0 spiro atoms. The number of ketones is 1. The highest BCUT2D eigenvalue weighted by Crippen LogP contribution is 2.29. The van der Waals surface area contributed by atoms with Gasteiger partial charge in [0.2, 0.25) is 0 Å². The molecule has 0 aliphatic carbocycles. The highest BCUT2D eigenvalue weighted by molar-refractivity contribution is 7.17. The lowest BCUT2D eigenvalue weighted by Crippen LogP contribution is -2.12. The van der Waals surface area contributed by atoms with Crippen molar-refractivity contribution < 1.29 is 4.79 Å². The molecule has 0 amide bonds. The number of benzene rings is 1. The highest BCUT2D eigenvalue weighted by Gasteiger charge is 2.24. The first-order chi connectivity index (χ1) is 9.81. The van der Waals surface area contributed by atoms with Gasteiger partial charge in [-0.2, -0.15) is 5.26 Å². The quantitative estimate of drug-likeness (QED) is 0.685. The molecule has 0 aliphatic heterocycles. The summed E-state index contributed by atoms with van der Waals surface area (Å²) in [6.45, 7) is 0. The molecule has 20 heavy (non-hydrogen) atoms. The molecule has 0 radical (unpaired) electrons. The van der Waals surface area contributed by atoms with Crippen molar-refractivity contribution in [2.24, 2.45) is 0 Å². The van der Waals surface area contributed by atoms with E-state index in [4.69, 9.17) is 0 Å². The zero-order valence-corrected chi connectivity index (χ0v) is 11.3. The number of carbonyl (C=O) groups is 1. The molecule has 1 atom stereocenters. The second kappa shape index (κ2) is 5.24.